The molecule has 2 fully saturated rings. The van der Waals surface area contributed by atoms with Crippen molar-refractivity contribution in [2.45, 2.75) is 25.3 Å². The first kappa shape index (κ1) is 16.2. The summed E-state index contributed by atoms with van der Waals surface area (Å²) in [5.41, 5.74) is 0. The van der Waals surface area contributed by atoms with Gasteiger partial charge in [-0.25, -0.2) is 4.98 Å². The standard InChI is InChI=1S/C17H26N4O2/c22-14-13-19(15-4-5-15)8-6-17(23)21-11-9-20(10-12-21)16-3-1-2-7-18-16/h1-3,7,15,22H,4-6,8-14H2. The number of carbonyl (C=O) groups excluding carboxylic acids is 1. The molecule has 0 bridgehead atoms. The molecule has 1 aliphatic heterocycles. The smallest absolute Gasteiger partial charge is 0.223 e. The second kappa shape index (κ2) is 7.75. The van der Waals surface area contributed by atoms with Gasteiger partial charge in [-0.1, -0.05) is 6.07 Å². The number of pyridine rings is 1. The van der Waals surface area contributed by atoms with Gasteiger partial charge in [0.05, 0.1) is 6.61 Å². The Labute approximate surface area is 137 Å². The predicted octanol–water partition coefficient (Wildman–Crippen LogP) is 0.577. The van der Waals surface area contributed by atoms with E-state index in [1.165, 1.54) is 12.8 Å². The molecule has 1 N–H and O–H groups in total. The number of piperazine rings is 1. The Morgan fingerprint density at radius 1 is 1.22 bits per heavy atom. The van der Waals surface area contributed by atoms with E-state index in [0.717, 1.165) is 38.5 Å². The van der Waals surface area contributed by atoms with Crippen molar-refractivity contribution in [1.82, 2.24) is 14.8 Å². The Morgan fingerprint density at radius 3 is 2.61 bits per heavy atom. The van der Waals surface area contributed by atoms with Crippen molar-refractivity contribution in [2.75, 3.05) is 50.8 Å². The van der Waals surface area contributed by atoms with E-state index in [2.05, 4.69) is 14.8 Å². The molecule has 0 atom stereocenters. The predicted molar refractivity (Wildman–Crippen MR) is 89.3 cm³/mol. The Kier molecular flexibility index (Phi) is 5.46. The van der Waals surface area contributed by atoms with E-state index in [1.54, 1.807) is 6.20 Å². The third-order valence-electron chi connectivity index (χ3n) is 4.67. The van der Waals surface area contributed by atoms with Gasteiger partial charge in [0.25, 0.3) is 0 Å². The number of rotatable bonds is 7. The zero-order chi connectivity index (χ0) is 16.1. The van der Waals surface area contributed by atoms with Crippen LogP contribution in [0.2, 0.25) is 0 Å². The van der Waals surface area contributed by atoms with Crippen LogP contribution in [0.4, 0.5) is 5.82 Å². The molecule has 2 aliphatic rings. The number of nitrogens with zero attached hydrogens (tertiary/aromatic N) is 4. The minimum absolute atomic E-state index is 0.174. The van der Waals surface area contributed by atoms with Gasteiger partial charge in [0.15, 0.2) is 0 Å². The fourth-order valence-corrected chi connectivity index (χ4v) is 3.17. The van der Waals surface area contributed by atoms with Crippen LogP contribution in [0.3, 0.4) is 0 Å². The summed E-state index contributed by atoms with van der Waals surface area (Å²) >= 11 is 0. The topological polar surface area (TPSA) is 59.9 Å². The number of hydrogen-bond donors (Lipinski definition) is 1. The summed E-state index contributed by atoms with van der Waals surface area (Å²) in [5, 5.41) is 9.12. The number of anilines is 1. The third-order valence-corrected chi connectivity index (χ3v) is 4.67. The lowest BCUT2D eigenvalue weighted by Crippen LogP contribution is -2.49. The highest BCUT2D eigenvalue weighted by Crippen LogP contribution is 2.26. The summed E-state index contributed by atoms with van der Waals surface area (Å²) in [4.78, 5) is 23.2. The lowest BCUT2D eigenvalue weighted by Gasteiger charge is -2.35. The van der Waals surface area contributed by atoms with E-state index in [0.29, 0.717) is 19.0 Å². The molecule has 1 aromatic heterocycles. The minimum Gasteiger partial charge on any atom is -0.395 e. The molecule has 1 saturated carbocycles. The molecule has 1 aliphatic carbocycles. The van der Waals surface area contributed by atoms with Gasteiger partial charge in [-0.3, -0.25) is 9.69 Å². The van der Waals surface area contributed by atoms with Crippen LogP contribution in [0, 0.1) is 0 Å². The van der Waals surface area contributed by atoms with Crippen LogP contribution in [0.25, 0.3) is 0 Å². The normalized spacial score (nSPS) is 18.5. The summed E-state index contributed by atoms with van der Waals surface area (Å²) in [6, 6.07) is 6.52. The third kappa shape index (κ3) is 4.42. The molecule has 0 aromatic carbocycles. The number of aromatic nitrogens is 1. The maximum absolute atomic E-state index is 12.4. The van der Waals surface area contributed by atoms with Gasteiger partial charge in [0, 0.05) is 57.9 Å². The lowest BCUT2D eigenvalue weighted by atomic mass is 10.2. The summed E-state index contributed by atoms with van der Waals surface area (Å²) in [6.07, 6.45) is 4.77. The van der Waals surface area contributed by atoms with E-state index in [9.17, 15) is 4.79 Å². The van der Waals surface area contributed by atoms with Crippen molar-refractivity contribution in [3.8, 4) is 0 Å². The summed E-state index contributed by atoms with van der Waals surface area (Å²) in [7, 11) is 0. The van der Waals surface area contributed by atoms with Crippen LogP contribution in [-0.2, 0) is 4.79 Å². The van der Waals surface area contributed by atoms with Crippen molar-refractivity contribution >= 4 is 11.7 Å². The highest BCUT2D eigenvalue weighted by atomic mass is 16.3. The first-order valence-corrected chi connectivity index (χ1v) is 8.56. The average Bonchev–Trinajstić information content (AvgIpc) is 3.44. The number of aliphatic hydroxyl groups excluding tert-OH is 1. The van der Waals surface area contributed by atoms with Crippen LogP contribution in [-0.4, -0.2) is 77.7 Å². The molecule has 1 aromatic rings. The molecular weight excluding hydrogens is 292 g/mol. The Bertz CT molecular complexity index is 499. The molecular formula is C17H26N4O2. The van der Waals surface area contributed by atoms with Crippen LogP contribution >= 0.6 is 0 Å². The molecule has 1 amide bonds. The van der Waals surface area contributed by atoms with Crippen LogP contribution in [0.1, 0.15) is 19.3 Å². The summed E-state index contributed by atoms with van der Waals surface area (Å²) < 4.78 is 0. The highest BCUT2D eigenvalue weighted by molar-refractivity contribution is 5.76. The number of hydrogen-bond acceptors (Lipinski definition) is 5. The van der Waals surface area contributed by atoms with E-state index in [1.807, 2.05) is 23.1 Å². The van der Waals surface area contributed by atoms with E-state index in [-0.39, 0.29) is 12.5 Å². The first-order valence-electron chi connectivity index (χ1n) is 8.56. The van der Waals surface area contributed by atoms with Crippen molar-refractivity contribution < 1.29 is 9.90 Å². The van der Waals surface area contributed by atoms with Gasteiger partial charge in [0.2, 0.25) is 5.91 Å². The number of amides is 1. The molecule has 23 heavy (non-hydrogen) atoms. The second-order valence-corrected chi connectivity index (χ2v) is 6.30. The van der Waals surface area contributed by atoms with Crippen molar-refractivity contribution in [3.05, 3.63) is 24.4 Å². The molecule has 3 rings (SSSR count). The summed E-state index contributed by atoms with van der Waals surface area (Å²) in [5.74, 6) is 1.22. The Morgan fingerprint density at radius 2 is 2.00 bits per heavy atom. The number of carbonyl (C=O) groups is 1. The van der Waals surface area contributed by atoms with E-state index < -0.39 is 0 Å². The van der Waals surface area contributed by atoms with Crippen molar-refractivity contribution in [3.63, 3.8) is 0 Å². The van der Waals surface area contributed by atoms with Crippen LogP contribution in [0.15, 0.2) is 24.4 Å². The fraction of sp³-hybridized carbons (Fsp3) is 0.647. The zero-order valence-corrected chi connectivity index (χ0v) is 13.6. The van der Waals surface area contributed by atoms with Gasteiger partial charge < -0.3 is 14.9 Å². The maximum atomic E-state index is 12.4. The van der Waals surface area contributed by atoms with Gasteiger partial charge >= 0.3 is 0 Å². The van der Waals surface area contributed by atoms with Gasteiger partial charge in [-0.2, -0.15) is 0 Å². The summed E-state index contributed by atoms with van der Waals surface area (Å²) in [6.45, 7) is 4.83. The maximum Gasteiger partial charge on any atom is 0.223 e. The first-order chi connectivity index (χ1) is 11.3. The largest absolute Gasteiger partial charge is 0.395 e. The molecule has 0 radical (unpaired) electrons. The van der Waals surface area contributed by atoms with Gasteiger partial charge in [0.1, 0.15) is 5.82 Å². The fourth-order valence-electron chi connectivity index (χ4n) is 3.17. The minimum atomic E-state index is 0.174. The second-order valence-electron chi connectivity index (χ2n) is 6.30. The quantitative estimate of drug-likeness (QED) is 0.797. The average molecular weight is 318 g/mol. The van der Waals surface area contributed by atoms with Gasteiger partial charge in [-0.05, 0) is 25.0 Å². The molecule has 1 saturated heterocycles. The molecule has 6 nitrogen and oxygen atoms in total. The van der Waals surface area contributed by atoms with Crippen LogP contribution in [0.5, 0.6) is 0 Å². The zero-order valence-electron chi connectivity index (χ0n) is 13.6. The molecule has 2 heterocycles. The van der Waals surface area contributed by atoms with Crippen molar-refractivity contribution in [1.29, 1.82) is 0 Å². The molecule has 126 valence electrons. The Hall–Kier alpha value is -1.66. The lowest BCUT2D eigenvalue weighted by molar-refractivity contribution is -0.131. The van der Waals surface area contributed by atoms with E-state index in [4.69, 9.17) is 5.11 Å². The Balaban J connectivity index is 1.43. The highest BCUT2D eigenvalue weighted by Gasteiger charge is 2.29. The molecule has 0 unspecified atom stereocenters. The van der Waals surface area contributed by atoms with E-state index >= 15 is 0 Å². The molecule has 6 heteroatoms. The van der Waals surface area contributed by atoms with Gasteiger partial charge in [-0.15, -0.1) is 0 Å². The monoisotopic (exact) mass is 318 g/mol. The van der Waals surface area contributed by atoms with Crippen LogP contribution < -0.4 is 4.90 Å². The SMILES string of the molecule is O=C(CCN(CCO)C1CC1)N1CCN(c2ccccn2)CC1. The number of aliphatic hydroxyl groups is 1. The molecule has 0 spiro atoms. The van der Waals surface area contributed by atoms with Crippen molar-refractivity contribution in [2.24, 2.45) is 0 Å².